The number of allylic oxidation sites excluding steroid dienone is 1. The van der Waals surface area contributed by atoms with Crippen molar-refractivity contribution in [2.45, 2.75) is 112 Å². The molecule has 1 aromatic heterocycles. The highest BCUT2D eigenvalue weighted by Crippen LogP contribution is 2.46. The predicted octanol–water partition coefficient (Wildman–Crippen LogP) is 2.99. The highest BCUT2D eigenvalue weighted by atomic mass is 32.2. The number of cyclic esters (lactones) is 1. The number of rotatable bonds is 3. The molecular weight excluding hydrogens is 717 g/mol. The maximum Gasteiger partial charge on any atom is 0.407 e. The Hall–Kier alpha value is -4.73. The van der Waals surface area contributed by atoms with Gasteiger partial charge in [0.2, 0.25) is 21.8 Å². The topological polar surface area (TPSA) is 202 Å². The molecule has 2 aromatic rings. The normalized spacial score (nSPS) is 28.9. The van der Waals surface area contributed by atoms with E-state index in [1.54, 1.807) is 18.2 Å². The molecule has 15 nitrogen and oxygen atoms in total. The molecule has 16 heteroatoms. The number of sulfonamides is 1. The molecule has 2 saturated carbocycles. The smallest absolute Gasteiger partial charge is 0.407 e. The molecule has 0 radical (unpaired) electrons. The number of para-hydroxylation sites is 1. The van der Waals surface area contributed by atoms with Gasteiger partial charge in [-0.25, -0.2) is 18.2 Å². The van der Waals surface area contributed by atoms with E-state index in [4.69, 9.17) is 9.47 Å². The molecule has 5 amide bonds. The molecule has 0 spiro atoms. The van der Waals surface area contributed by atoms with Crippen molar-refractivity contribution < 1.29 is 41.9 Å². The number of fused-ring (bicyclic) bond motifs is 4. The largest absolute Gasteiger partial charge is 0.491 e. The standard InChI is InChI=1S/C38H48N6O9S/c45-33-28-18-15-24-11-10-14-31(32(24)40-28)52-19-8-4-5-9-20-53-37(49)41-29-13-7-3-1-2-6-12-25-22-38(25,36(48)43-54(50,51)27-16-17-27)42-34(46)30-21-26(39-33)23-44(30)35(29)47/h6,10-12,14-15,18,25-27,29-30H,1-5,7-9,13,16-17,19-23H2,(H,39,45)(H,41,49)(H,42,46)(H,43,48)/t25-,26-,29+,30+,38-/m1/s1. The van der Waals surface area contributed by atoms with Crippen molar-refractivity contribution in [3.05, 3.63) is 48.2 Å². The number of hydrogen-bond acceptors (Lipinski definition) is 10. The molecule has 2 aliphatic carbocycles. The summed E-state index contributed by atoms with van der Waals surface area (Å²) in [5, 5.41) is 8.68. The number of carbonyl (C=O) groups excluding carboxylic acids is 5. The molecule has 5 bridgehead atoms. The molecule has 290 valence electrons. The summed E-state index contributed by atoms with van der Waals surface area (Å²) in [7, 11) is -3.90. The van der Waals surface area contributed by atoms with E-state index in [1.807, 2.05) is 24.3 Å². The van der Waals surface area contributed by atoms with Gasteiger partial charge < -0.3 is 30.3 Å². The van der Waals surface area contributed by atoms with E-state index in [2.05, 4.69) is 25.7 Å². The SMILES string of the molecule is O=C1N[C@H]2CCCCCC=C[C@@H]3C[C@@]3(C(=O)NS(=O)(=O)C3CC3)NC(=O)[C@@H]3C[C@H](CN3C2=O)NC(=O)c2ccc3cccc(c3n2)OCCCCCCO1. The van der Waals surface area contributed by atoms with Gasteiger partial charge >= 0.3 is 6.09 Å². The van der Waals surface area contributed by atoms with E-state index in [1.165, 1.54) is 4.90 Å². The number of benzene rings is 1. The fourth-order valence-electron chi connectivity index (χ4n) is 7.62. The lowest BCUT2D eigenvalue weighted by Crippen LogP contribution is -2.58. The number of aromatic nitrogens is 1. The number of amides is 5. The van der Waals surface area contributed by atoms with Crippen LogP contribution < -0.4 is 25.4 Å². The van der Waals surface area contributed by atoms with Gasteiger partial charge in [-0.1, -0.05) is 43.2 Å². The number of nitrogens with zero attached hydrogens (tertiary/aromatic N) is 2. The summed E-state index contributed by atoms with van der Waals surface area (Å²) >= 11 is 0. The zero-order chi connectivity index (χ0) is 37.9. The first-order chi connectivity index (χ1) is 26.0. The van der Waals surface area contributed by atoms with Gasteiger partial charge in [0.15, 0.2) is 0 Å². The fourth-order valence-corrected chi connectivity index (χ4v) is 8.98. The molecule has 1 saturated heterocycles. The van der Waals surface area contributed by atoms with Crippen LogP contribution in [0.15, 0.2) is 42.5 Å². The Morgan fingerprint density at radius 1 is 0.907 bits per heavy atom. The number of alkyl carbamates (subject to hydrolysis) is 1. The van der Waals surface area contributed by atoms with Gasteiger partial charge in [0.25, 0.3) is 11.8 Å². The monoisotopic (exact) mass is 764 g/mol. The van der Waals surface area contributed by atoms with Crippen LogP contribution in [0.5, 0.6) is 5.75 Å². The summed E-state index contributed by atoms with van der Waals surface area (Å²) < 4.78 is 39.3. The summed E-state index contributed by atoms with van der Waals surface area (Å²) in [6.45, 7) is 0.552. The lowest BCUT2D eigenvalue weighted by Gasteiger charge is -2.30. The zero-order valence-electron chi connectivity index (χ0n) is 30.2. The van der Waals surface area contributed by atoms with Gasteiger partial charge in [0, 0.05) is 23.9 Å². The summed E-state index contributed by atoms with van der Waals surface area (Å²) in [5.74, 6) is -2.40. The van der Waals surface area contributed by atoms with Crippen LogP contribution in [0.25, 0.3) is 10.9 Å². The Balaban J connectivity index is 1.19. The third kappa shape index (κ3) is 8.48. The number of hydrogen-bond donors (Lipinski definition) is 4. The van der Waals surface area contributed by atoms with Crippen molar-refractivity contribution >= 4 is 50.6 Å². The van der Waals surface area contributed by atoms with E-state index in [0.29, 0.717) is 56.4 Å². The van der Waals surface area contributed by atoms with Gasteiger partial charge in [-0.05, 0) is 82.8 Å². The van der Waals surface area contributed by atoms with Crippen molar-refractivity contribution in [2.24, 2.45) is 5.92 Å². The number of ether oxygens (including phenoxy) is 2. The number of pyridine rings is 1. The minimum Gasteiger partial charge on any atom is -0.491 e. The molecule has 5 aliphatic rings. The van der Waals surface area contributed by atoms with Crippen LogP contribution >= 0.6 is 0 Å². The maximum absolute atomic E-state index is 14.4. The molecule has 5 atom stereocenters. The first kappa shape index (κ1) is 37.6. The molecule has 3 fully saturated rings. The number of nitrogens with one attached hydrogen (secondary N) is 4. The van der Waals surface area contributed by atoms with Crippen LogP contribution in [0.2, 0.25) is 0 Å². The van der Waals surface area contributed by atoms with Gasteiger partial charge in [-0.15, -0.1) is 0 Å². The molecule has 0 unspecified atom stereocenters. The van der Waals surface area contributed by atoms with Crippen molar-refractivity contribution in [1.82, 2.24) is 30.6 Å². The second-order valence-corrected chi connectivity index (χ2v) is 17.0. The highest BCUT2D eigenvalue weighted by Gasteiger charge is 2.62. The Morgan fingerprint density at radius 2 is 1.69 bits per heavy atom. The quantitative estimate of drug-likeness (QED) is 0.337. The van der Waals surface area contributed by atoms with E-state index in [-0.39, 0.29) is 31.7 Å². The minimum atomic E-state index is -3.90. The van der Waals surface area contributed by atoms with Crippen LogP contribution in [0, 0.1) is 5.92 Å². The zero-order valence-corrected chi connectivity index (χ0v) is 31.0. The van der Waals surface area contributed by atoms with Crippen molar-refractivity contribution in [3.8, 4) is 5.75 Å². The first-order valence-electron chi connectivity index (χ1n) is 19.2. The van der Waals surface area contributed by atoms with E-state index in [9.17, 15) is 32.4 Å². The van der Waals surface area contributed by atoms with Crippen molar-refractivity contribution in [1.29, 1.82) is 0 Å². The average Bonchev–Trinajstić information content (AvgIpc) is 4.07. The maximum atomic E-state index is 14.4. The molecule has 4 heterocycles. The van der Waals surface area contributed by atoms with Gasteiger partial charge in [-0.3, -0.25) is 23.9 Å². The van der Waals surface area contributed by atoms with Crippen LogP contribution in [-0.2, 0) is 29.1 Å². The third-order valence-electron chi connectivity index (χ3n) is 11.0. The van der Waals surface area contributed by atoms with Crippen LogP contribution in [0.4, 0.5) is 4.79 Å². The lowest BCUT2D eigenvalue weighted by molar-refractivity contribution is -0.141. The van der Waals surface area contributed by atoms with Crippen molar-refractivity contribution in [2.75, 3.05) is 19.8 Å². The first-order valence-corrected chi connectivity index (χ1v) is 20.7. The summed E-state index contributed by atoms with van der Waals surface area (Å²) in [6, 6.07) is 6.08. The van der Waals surface area contributed by atoms with E-state index < -0.39 is 74.6 Å². The highest BCUT2D eigenvalue weighted by molar-refractivity contribution is 7.91. The lowest BCUT2D eigenvalue weighted by atomic mass is 10.0. The molecule has 1 aromatic carbocycles. The summed E-state index contributed by atoms with van der Waals surface area (Å²) in [4.78, 5) is 75.0. The van der Waals surface area contributed by atoms with E-state index in [0.717, 1.165) is 37.5 Å². The second kappa shape index (κ2) is 15.9. The van der Waals surface area contributed by atoms with Gasteiger partial charge in [-0.2, -0.15) is 0 Å². The molecule has 3 aliphatic heterocycles. The van der Waals surface area contributed by atoms with Gasteiger partial charge in [0.05, 0.1) is 18.5 Å². The second-order valence-electron chi connectivity index (χ2n) is 15.0. The van der Waals surface area contributed by atoms with Gasteiger partial charge in [0.1, 0.15) is 34.6 Å². The Morgan fingerprint density at radius 3 is 2.48 bits per heavy atom. The fraction of sp³-hybridized carbons (Fsp3) is 0.579. The Kier molecular flexibility index (Phi) is 11.1. The van der Waals surface area contributed by atoms with Crippen LogP contribution in [0.1, 0.15) is 94.0 Å². The average molecular weight is 765 g/mol. The summed E-state index contributed by atoms with van der Waals surface area (Å²) in [6.07, 6.45) is 10.3. The van der Waals surface area contributed by atoms with Crippen molar-refractivity contribution in [3.63, 3.8) is 0 Å². The molecular formula is C38H48N6O9S. The molecule has 7 rings (SSSR count). The molecule has 4 N–H and O–H groups in total. The summed E-state index contributed by atoms with van der Waals surface area (Å²) in [5.41, 5.74) is -0.858. The molecule has 54 heavy (non-hydrogen) atoms. The number of carbonyl (C=O) groups is 5. The Bertz CT molecular complexity index is 1930. The van der Waals surface area contributed by atoms with Crippen LogP contribution in [0.3, 0.4) is 0 Å². The van der Waals surface area contributed by atoms with E-state index >= 15 is 0 Å². The van der Waals surface area contributed by atoms with Crippen LogP contribution in [-0.4, -0.2) is 96.7 Å². The predicted molar refractivity (Wildman–Crippen MR) is 197 cm³/mol. The Labute approximate surface area is 314 Å². The minimum absolute atomic E-state index is 0.000992. The third-order valence-corrected chi connectivity index (χ3v) is 12.8.